The molecule has 0 bridgehead atoms. The van der Waals surface area contributed by atoms with Crippen LogP contribution in [0.3, 0.4) is 0 Å². The Balaban J connectivity index is 3.48. The van der Waals surface area contributed by atoms with Gasteiger partial charge in [-0.05, 0) is 18.8 Å². The number of unbranched alkanes of at least 4 members (excludes halogenated alkanes) is 1. The molecule has 0 saturated heterocycles. The molecule has 16 heavy (non-hydrogen) atoms. The minimum Gasteiger partial charge on any atom is -0.381 e. The Hall–Kier alpha value is -0.130. The summed E-state index contributed by atoms with van der Waals surface area (Å²) in [5, 5.41) is 4.89. The van der Waals surface area contributed by atoms with Crippen LogP contribution in [0.1, 0.15) is 46.0 Å². The Morgan fingerprint density at radius 2 is 1.94 bits per heavy atom. The Kier molecular flexibility index (Phi) is 8.89. The molecule has 0 heterocycles. The van der Waals surface area contributed by atoms with Gasteiger partial charge in [0, 0.05) is 13.2 Å². The molecule has 4 nitrogen and oxygen atoms in total. The second-order valence-electron chi connectivity index (χ2n) is 4.21. The van der Waals surface area contributed by atoms with Crippen molar-refractivity contribution in [3.05, 3.63) is 0 Å². The Labute approximate surface area is 99.6 Å². The fourth-order valence-corrected chi connectivity index (χ4v) is 2.03. The lowest BCUT2D eigenvalue weighted by Crippen LogP contribution is -2.18. The van der Waals surface area contributed by atoms with Crippen molar-refractivity contribution in [1.82, 2.24) is 0 Å². The van der Waals surface area contributed by atoms with Gasteiger partial charge in [-0.3, -0.25) is 0 Å². The second-order valence-corrected chi connectivity index (χ2v) is 5.95. The summed E-state index contributed by atoms with van der Waals surface area (Å²) in [6.07, 6.45) is 5.25. The monoisotopic (exact) mass is 251 g/mol. The number of sulfonamides is 1. The third kappa shape index (κ3) is 10.4. The largest absolute Gasteiger partial charge is 0.381 e. The minimum atomic E-state index is -3.32. The SMILES string of the molecule is CCCCC(CC)COCCCS(N)(=O)=O. The van der Waals surface area contributed by atoms with E-state index in [0.717, 1.165) is 13.0 Å². The summed E-state index contributed by atoms with van der Waals surface area (Å²) in [7, 11) is -3.32. The average Bonchev–Trinajstić information content (AvgIpc) is 2.20. The highest BCUT2D eigenvalue weighted by atomic mass is 32.2. The summed E-state index contributed by atoms with van der Waals surface area (Å²) in [4.78, 5) is 0. The standard InChI is InChI=1S/C11H25NO3S/c1-3-5-7-11(4-2)10-15-8-6-9-16(12,13)14/h11H,3-10H2,1-2H3,(H2,12,13,14). The first-order valence-corrected chi connectivity index (χ1v) is 7.79. The number of primary sulfonamides is 1. The predicted octanol–water partition coefficient (Wildman–Crippen LogP) is 1.90. The molecule has 0 fully saturated rings. The number of nitrogens with two attached hydrogens (primary N) is 1. The topological polar surface area (TPSA) is 69.4 Å². The van der Waals surface area contributed by atoms with E-state index in [1.807, 2.05) is 0 Å². The Bertz CT molecular complexity index is 252. The van der Waals surface area contributed by atoms with Gasteiger partial charge in [0.05, 0.1) is 5.75 Å². The van der Waals surface area contributed by atoms with Crippen LogP contribution in [-0.4, -0.2) is 27.4 Å². The lowest BCUT2D eigenvalue weighted by molar-refractivity contribution is 0.0948. The van der Waals surface area contributed by atoms with Crippen LogP contribution in [0.4, 0.5) is 0 Å². The van der Waals surface area contributed by atoms with Gasteiger partial charge in [0.1, 0.15) is 0 Å². The average molecular weight is 251 g/mol. The molecule has 0 aliphatic carbocycles. The summed E-state index contributed by atoms with van der Waals surface area (Å²) < 4.78 is 26.8. The van der Waals surface area contributed by atoms with E-state index in [1.165, 1.54) is 19.3 Å². The fraction of sp³-hybridized carbons (Fsp3) is 1.00. The first-order valence-electron chi connectivity index (χ1n) is 6.07. The van der Waals surface area contributed by atoms with Crippen molar-refractivity contribution in [3.63, 3.8) is 0 Å². The highest BCUT2D eigenvalue weighted by molar-refractivity contribution is 7.89. The van der Waals surface area contributed by atoms with E-state index in [-0.39, 0.29) is 5.75 Å². The summed E-state index contributed by atoms with van der Waals surface area (Å²) in [6.45, 7) is 5.56. The maximum Gasteiger partial charge on any atom is 0.209 e. The molecule has 0 aliphatic rings. The number of hydrogen-bond acceptors (Lipinski definition) is 3. The van der Waals surface area contributed by atoms with Crippen molar-refractivity contribution < 1.29 is 13.2 Å². The van der Waals surface area contributed by atoms with Crippen LogP contribution in [0.25, 0.3) is 0 Å². The quantitative estimate of drug-likeness (QED) is 0.603. The van der Waals surface area contributed by atoms with E-state index in [9.17, 15) is 8.42 Å². The fourth-order valence-electron chi connectivity index (χ4n) is 1.51. The van der Waals surface area contributed by atoms with E-state index in [0.29, 0.717) is 18.9 Å². The first-order chi connectivity index (χ1) is 7.49. The smallest absolute Gasteiger partial charge is 0.209 e. The molecule has 0 rings (SSSR count). The zero-order valence-corrected chi connectivity index (χ0v) is 11.3. The molecule has 0 saturated carbocycles. The number of hydrogen-bond donors (Lipinski definition) is 1. The van der Waals surface area contributed by atoms with Crippen LogP contribution in [0.15, 0.2) is 0 Å². The van der Waals surface area contributed by atoms with Crippen molar-refractivity contribution in [1.29, 1.82) is 0 Å². The van der Waals surface area contributed by atoms with Gasteiger partial charge in [0.15, 0.2) is 0 Å². The molecule has 0 aromatic carbocycles. The summed E-state index contributed by atoms with van der Waals surface area (Å²) in [6, 6.07) is 0. The molecule has 0 aromatic rings. The van der Waals surface area contributed by atoms with Gasteiger partial charge in [0.25, 0.3) is 0 Å². The van der Waals surface area contributed by atoms with E-state index >= 15 is 0 Å². The van der Waals surface area contributed by atoms with Crippen LogP contribution in [0.5, 0.6) is 0 Å². The maximum absolute atomic E-state index is 10.6. The van der Waals surface area contributed by atoms with Gasteiger partial charge in [-0.2, -0.15) is 0 Å². The molecule has 98 valence electrons. The van der Waals surface area contributed by atoms with Gasteiger partial charge in [-0.15, -0.1) is 0 Å². The third-order valence-electron chi connectivity index (χ3n) is 2.61. The van der Waals surface area contributed by atoms with Crippen LogP contribution in [0, 0.1) is 5.92 Å². The maximum atomic E-state index is 10.6. The molecule has 0 aromatic heterocycles. The molecular weight excluding hydrogens is 226 g/mol. The second kappa shape index (κ2) is 8.96. The van der Waals surface area contributed by atoms with Crippen molar-refractivity contribution in [2.75, 3.05) is 19.0 Å². The molecule has 2 N–H and O–H groups in total. The van der Waals surface area contributed by atoms with Crippen molar-refractivity contribution in [2.45, 2.75) is 46.0 Å². The van der Waals surface area contributed by atoms with Crippen molar-refractivity contribution >= 4 is 10.0 Å². The van der Waals surface area contributed by atoms with Gasteiger partial charge in [0.2, 0.25) is 10.0 Å². The van der Waals surface area contributed by atoms with Gasteiger partial charge in [-0.25, -0.2) is 13.6 Å². The Morgan fingerprint density at radius 3 is 2.44 bits per heavy atom. The zero-order valence-electron chi connectivity index (χ0n) is 10.4. The van der Waals surface area contributed by atoms with Gasteiger partial charge < -0.3 is 4.74 Å². The minimum absolute atomic E-state index is 0.0127. The summed E-state index contributed by atoms with van der Waals surface area (Å²) >= 11 is 0. The predicted molar refractivity (Wildman–Crippen MR) is 66.7 cm³/mol. The molecule has 0 amide bonds. The first kappa shape index (κ1) is 15.9. The van der Waals surface area contributed by atoms with Crippen molar-refractivity contribution in [3.8, 4) is 0 Å². The molecule has 1 unspecified atom stereocenters. The molecule has 1 atom stereocenters. The van der Waals surface area contributed by atoms with Crippen molar-refractivity contribution in [2.24, 2.45) is 11.1 Å². The summed E-state index contributed by atoms with van der Waals surface area (Å²) in [5.74, 6) is 0.619. The van der Waals surface area contributed by atoms with Crippen LogP contribution in [0.2, 0.25) is 0 Å². The highest BCUT2D eigenvalue weighted by Gasteiger charge is 2.06. The van der Waals surface area contributed by atoms with Gasteiger partial charge >= 0.3 is 0 Å². The molecular formula is C11H25NO3S. The summed E-state index contributed by atoms with van der Waals surface area (Å²) in [5.41, 5.74) is 0. The molecule has 0 spiro atoms. The van der Waals surface area contributed by atoms with Crippen LogP contribution < -0.4 is 5.14 Å². The van der Waals surface area contributed by atoms with Crippen LogP contribution >= 0.6 is 0 Å². The van der Waals surface area contributed by atoms with Gasteiger partial charge in [-0.1, -0.05) is 33.1 Å². The molecule has 5 heteroatoms. The Morgan fingerprint density at radius 1 is 1.25 bits per heavy atom. The van der Waals surface area contributed by atoms with E-state index in [4.69, 9.17) is 9.88 Å². The van der Waals surface area contributed by atoms with E-state index in [2.05, 4.69) is 13.8 Å². The lowest BCUT2D eigenvalue weighted by atomic mass is 10.0. The van der Waals surface area contributed by atoms with Crippen LogP contribution in [-0.2, 0) is 14.8 Å². The third-order valence-corrected chi connectivity index (χ3v) is 3.47. The highest BCUT2D eigenvalue weighted by Crippen LogP contribution is 2.12. The number of ether oxygens (including phenoxy) is 1. The number of rotatable bonds is 10. The van der Waals surface area contributed by atoms with E-state index in [1.54, 1.807) is 0 Å². The molecule has 0 aliphatic heterocycles. The zero-order chi connectivity index (χ0) is 12.4. The van der Waals surface area contributed by atoms with E-state index < -0.39 is 10.0 Å². The normalized spacial score (nSPS) is 13.9. The molecule has 0 radical (unpaired) electrons. The lowest BCUT2D eigenvalue weighted by Gasteiger charge is -2.14.